The zero-order valence-corrected chi connectivity index (χ0v) is 6.92. The average molecular weight is 170 g/mol. The molecule has 5 nitrogen and oxygen atoms in total. The lowest BCUT2D eigenvalue weighted by Gasteiger charge is -2.21. The number of guanidine groups is 1. The van der Waals surface area contributed by atoms with E-state index in [-0.39, 0.29) is 17.9 Å². The van der Waals surface area contributed by atoms with Crippen LogP contribution in [0.1, 0.15) is 19.3 Å². The van der Waals surface area contributed by atoms with E-state index in [1.807, 2.05) is 0 Å². The molecule has 0 radical (unpaired) electrons. The molecule has 0 bridgehead atoms. The van der Waals surface area contributed by atoms with Crippen LogP contribution < -0.4 is 16.8 Å². The maximum atomic E-state index is 10.9. The Morgan fingerprint density at radius 3 is 3.00 bits per heavy atom. The van der Waals surface area contributed by atoms with E-state index in [1.54, 1.807) is 0 Å². The minimum Gasteiger partial charge on any atom is -0.370 e. The Hall–Kier alpha value is -1.26. The van der Waals surface area contributed by atoms with Gasteiger partial charge in [-0.25, -0.2) is 0 Å². The van der Waals surface area contributed by atoms with E-state index < -0.39 is 0 Å². The zero-order chi connectivity index (χ0) is 8.97. The summed E-state index contributed by atoms with van der Waals surface area (Å²) >= 11 is 0. The van der Waals surface area contributed by atoms with Gasteiger partial charge in [-0.1, -0.05) is 0 Å². The van der Waals surface area contributed by atoms with Gasteiger partial charge in [0.05, 0.1) is 6.54 Å². The lowest BCUT2D eigenvalue weighted by molar-refractivity contribution is -0.123. The number of hydrogen-bond donors (Lipinski definition) is 3. The van der Waals surface area contributed by atoms with Crippen LogP contribution in [-0.4, -0.2) is 24.5 Å². The molecular weight excluding hydrogens is 156 g/mol. The number of aliphatic imine (C=N–C) groups is 1. The Labute approximate surface area is 71.2 Å². The van der Waals surface area contributed by atoms with Crippen LogP contribution in [0.25, 0.3) is 0 Å². The van der Waals surface area contributed by atoms with E-state index in [9.17, 15) is 4.79 Å². The summed E-state index contributed by atoms with van der Waals surface area (Å²) in [6.45, 7) is 0.494. The molecule has 1 heterocycles. The number of nitrogens with one attached hydrogen (secondary N) is 1. The summed E-state index contributed by atoms with van der Waals surface area (Å²) in [5.74, 6) is 0.173. The fourth-order valence-electron chi connectivity index (χ4n) is 1.23. The minimum absolute atomic E-state index is 0.0785. The Balaban J connectivity index is 2.32. The van der Waals surface area contributed by atoms with Gasteiger partial charge in [-0.05, 0) is 12.8 Å². The zero-order valence-electron chi connectivity index (χ0n) is 6.92. The van der Waals surface area contributed by atoms with Crippen molar-refractivity contribution < 1.29 is 4.79 Å². The molecule has 5 heteroatoms. The molecule has 1 aliphatic rings. The van der Waals surface area contributed by atoms with Crippen LogP contribution in [0.4, 0.5) is 0 Å². The van der Waals surface area contributed by atoms with Crippen molar-refractivity contribution in [1.82, 2.24) is 5.32 Å². The van der Waals surface area contributed by atoms with Crippen molar-refractivity contribution in [3.8, 4) is 0 Å². The first-order valence-corrected chi connectivity index (χ1v) is 4.03. The summed E-state index contributed by atoms with van der Waals surface area (Å²) in [4.78, 5) is 14.7. The van der Waals surface area contributed by atoms with E-state index >= 15 is 0 Å². The van der Waals surface area contributed by atoms with Crippen LogP contribution in [0.2, 0.25) is 0 Å². The predicted octanol–water partition coefficient (Wildman–Crippen LogP) is -1.07. The van der Waals surface area contributed by atoms with Crippen LogP contribution in [0, 0.1) is 0 Å². The van der Waals surface area contributed by atoms with Crippen molar-refractivity contribution in [1.29, 1.82) is 0 Å². The smallest absolute Gasteiger partial charge is 0.220 e. The third kappa shape index (κ3) is 2.77. The van der Waals surface area contributed by atoms with Gasteiger partial charge in [0, 0.05) is 12.5 Å². The summed E-state index contributed by atoms with van der Waals surface area (Å²) in [7, 11) is 0. The third-order valence-electron chi connectivity index (χ3n) is 1.82. The normalized spacial score (nSPS) is 23.0. The van der Waals surface area contributed by atoms with Gasteiger partial charge < -0.3 is 16.8 Å². The predicted molar refractivity (Wildman–Crippen MR) is 46.5 cm³/mol. The molecule has 12 heavy (non-hydrogen) atoms. The molecule has 68 valence electrons. The molecule has 1 amide bonds. The number of hydrogen-bond acceptors (Lipinski definition) is 2. The number of carbonyl (C=O) groups excluding carboxylic acids is 1. The van der Waals surface area contributed by atoms with Crippen molar-refractivity contribution in [2.45, 2.75) is 25.3 Å². The quantitative estimate of drug-likeness (QED) is 0.364. The van der Waals surface area contributed by atoms with Gasteiger partial charge in [0.25, 0.3) is 0 Å². The summed E-state index contributed by atoms with van der Waals surface area (Å²) < 4.78 is 0. The lowest BCUT2D eigenvalue weighted by Crippen LogP contribution is -2.41. The summed E-state index contributed by atoms with van der Waals surface area (Å²) in [6.07, 6.45) is 2.51. The monoisotopic (exact) mass is 170 g/mol. The van der Waals surface area contributed by atoms with Crippen molar-refractivity contribution in [2.24, 2.45) is 16.5 Å². The fourth-order valence-corrected chi connectivity index (χ4v) is 1.23. The highest BCUT2D eigenvalue weighted by molar-refractivity contribution is 5.77. The average Bonchev–Trinajstić information content (AvgIpc) is 2.01. The topological polar surface area (TPSA) is 93.5 Å². The van der Waals surface area contributed by atoms with Gasteiger partial charge >= 0.3 is 0 Å². The number of amides is 1. The summed E-state index contributed by atoms with van der Waals surface area (Å²) in [5, 5.41) is 2.81. The largest absolute Gasteiger partial charge is 0.370 e. The first-order chi connectivity index (χ1) is 5.68. The van der Waals surface area contributed by atoms with Crippen molar-refractivity contribution in [2.75, 3.05) is 6.54 Å². The van der Waals surface area contributed by atoms with E-state index in [4.69, 9.17) is 11.5 Å². The molecule has 1 fully saturated rings. The van der Waals surface area contributed by atoms with Gasteiger partial charge in [0.2, 0.25) is 5.91 Å². The molecule has 1 rings (SSSR count). The minimum atomic E-state index is 0.0785. The Kier molecular flexibility index (Phi) is 2.90. The maximum absolute atomic E-state index is 10.9. The first kappa shape index (κ1) is 8.83. The molecule has 1 atom stereocenters. The molecule has 0 aromatic carbocycles. The van der Waals surface area contributed by atoms with Crippen molar-refractivity contribution >= 4 is 11.9 Å². The van der Waals surface area contributed by atoms with E-state index in [2.05, 4.69) is 10.3 Å². The standard InChI is InChI=1S/C7H14N4O/c8-7(9)10-4-5-2-1-3-6(12)11-5/h5H,1-4H2,(H,11,12)(H4,8,9,10). The molecule has 0 aliphatic carbocycles. The second-order valence-electron chi connectivity index (χ2n) is 2.92. The van der Waals surface area contributed by atoms with Gasteiger partial charge in [-0.15, -0.1) is 0 Å². The highest BCUT2D eigenvalue weighted by atomic mass is 16.1. The Morgan fingerprint density at radius 1 is 1.67 bits per heavy atom. The molecule has 0 aromatic rings. The number of rotatable bonds is 2. The number of piperidine rings is 1. The van der Waals surface area contributed by atoms with Crippen molar-refractivity contribution in [3.05, 3.63) is 0 Å². The summed E-state index contributed by atoms with van der Waals surface area (Å²) in [5.41, 5.74) is 10.3. The fraction of sp³-hybridized carbons (Fsp3) is 0.714. The number of nitrogens with two attached hydrogens (primary N) is 2. The Bertz CT molecular complexity index is 198. The first-order valence-electron chi connectivity index (χ1n) is 4.03. The molecule has 1 aliphatic heterocycles. The highest BCUT2D eigenvalue weighted by Gasteiger charge is 2.16. The summed E-state index contributed by atoms with van der Waals surface area (Å²) in [6, 6.07) is 0.119. The van der Waals surface area contributed by atoms with Crippen LogP contribution in [0.3, 0.4) is 0 Å². The van der Waals surface area contributed by atoms with E-state index in [0.717, 1.165) is 12.8 Å². The van der Waals surface area contributed by atoms with Crippen molar-refractivity contribution in [3.63, 3.8) is 0 Å². The number of carbonyl (C=O) groups is 1. The van der Waals surface area contributed by atoms with E-state index in [1.165, 1.54) is 0 Å². The molecule has 1 saturated heterocycles. The van der Waals surface area contributed by atoms with Crippen LogP contribution >= 0.6 is 0 Å². The van der Waals surface area contributed by atoms with E-state index in [0.29, 0.717) is 13.0 Å². The maximum Gasteiger partial charge on any atom is 0.220 e. The van der Waals surface area contributed by atoms with Gasteiger partial charge in [0.1, 0.15) is 0 Å². The SMILES string of the molecule is NC(N)=NCC1CCCC(=O)N1. The lowest BCUT2D eigenvalue weighted by atomic mass is 10.0. The molecular formula is C7H14N4O. The van der Waals surface area contributed by atoms with Crippen LogP contribution in [-0.2, 0) is 4.79 Å². The second-order valence-corrected chi connectivity index (χ2v) is 2.92. The molecule has 5 N–H and O–H groups in total. The van der Waals surface area contributed by atoms with Gasteiger partial charge in [-0.2, -0.15) is 0 Å². The number of nitrogens with zero attached hydrogens (tertiary/aromatic N) is 1. The third-order valence-corrected chi connectivity index (χ3v) is 1.82. The molecule has 1 unspecified atom stereocenters. The molecule has 0 spiro atoms. The second kappa shape index (κ2) is 3.94. The Morgan fingerprint density at radius 2 is 2.42 bits per heavy atom. The van der Waals surface area contributed by atoms with Crippen LogP contribution in [0.15, 0.2) is 4.99 Å². The molecule has 0 aromatic heterocycles. The van der Waals surface area contributed by atoms with Gasteiger partial charge in [0.15, 0.2) is 5.96 Å². The highest BCUT2D eigenvalue weighted by Crippen LogP contribution is 2.07. The van der Waals surface area contributed by atoms with Crippen LogP contribution in [0.5, 0.6) is 0 Å². The molecule has 0 saturated carbocycles. The van der Waals surface area contributed by atoms with Gasteiger partial charge in [-0.3, -0.25) is 9.79 Å².